The number of hydrogen-bond donors (Lipinski definition) is 1. The highest BCUT2D eigenvalue weighted by Crippen LogP contribution is 2.22. The van der Waals surface area contributed by atoms with Crippen LogP contribution in [0.5, 0.6) is 0 Å². The van der Waals surface area contributed by atoms with Gasteiger partial charge in [0, 0.05) is 7.05 Å². The third-order valence-electron chi connectivity index (χ3n) is 2.76. The molecular weight excluding hydrogens is 204 g/mol. The second-order valence-electron chi connectivity index (χ2n) is 3.99. The summed E-state index contributed by atoms with van der Waals surface area (Å²) in [6.07, 6.45) is 4.00. The molecule has 0 saturated carbocycles. The van der Waals surface area contributed by atoms with E-state index in [1.165, 1.54) is 0 Å². The Bertz CT molecular complexity index is 385. The summed E-state index contributed by atoms with van der Waals surface area (Å²) in [6, 6.07) is 0. The standard InChI is InChI=1S/C11H18N4O/c1-5-11(3,6-2)10(16)12-7-9-13-8-15(4)14-9/h5,8H,1,6-7H2,2-4H3,(H,12,16). The van der Waals surface area contributed by atoms with Crippen molar-refractivity contribution in [2.75, 3.05) is 0 Å². The molecule has 1 heterocycles. The Hall–Kier alpha value is -1.65. The van der Waals surface area contributed by atoms with Crippen molar-refractivity contribution < 1.29 is 4.79 Å². The number of carbonyl (C=O) groups is 1. The van der Waals surface area contributed by atoms with Crippen molar-refractivity contribution in [2.24, 2.45) is 12.5 Å². The normalized spacial score (nSPS) is 14.2. The fourth-order valence-electron chi connectivity index (χ4n) is 1.22. The first-order valence-corrected chi connectivity index (χ1v) is 5.28. The highest BCUT2D eigenvalue weighted by Gasteiger charge is 2.27. The minimum absolute atomic E-state index is 0.0440. The molecule has 88 valence electrons. The van der Waals surface area contributed by atoms with E-state index < -0.39 is 5.41 Å². The van der Waals surface area contributed by atoms with E-state index >= 15 is 0 Å². The fourth-order valence-corrected chi connectivity index (χ4v) is 1.22. The molecule has 0 aliphatic carbocycles. The molecule has 1 aromatic rings. The van der Waals surface area contributed by atoms with E-state index in [9.17, 15) is 4.79 Å². The minimum atomic E-state index is -0.519. The highest BCUT2D eigenvalue weighted by atomic mass is 16.2. The summed E-state index contributed by atoms with van der Waals surface area (Å²) in [5.74, 6) is 0.566. The maximum Gasteiger partial charge on any atom is 0.230 e. The Balaban J connectivity index is 2.55. The molecule has 0 spiro atoms. The van der Waals surface area contributed by atoms with Crippen LogP contribution in [0, 0.1) is 5.41 Å². The topological polar surface area (TPSA) is 59.8 Å². The molecule has 0 radical (unpaired) electrons. The predicted molar refractivity (Wildman–Crippen MR) is 61.4 cm³/mol. The Morgan fingerprint density at radius 1 is 1.75 bits per heavy atom. The van der Waals surface area contributed by atoms with Gasteiger partial charge in [-0.05, 0) is 13.3 Å². The second-order valence-corrected chi connectivity index (χ2v) is 3.99. The lowest BCUT2D eigenvalue weighted by Crippen LogP contribution is -2.37. The van der Waals surface area contributed by atoms with Crippen LogP contribution in [0.3, 0.4) is 0 Å². The van der Waals surface area contributed by atoms with E-state index in [1.54, 1.807) is 24.1 Å². The van der Waals surface area contributed by atoms with E-state index in [0.717, 1.165) is 6.42 Å². The summed E-state index contributed by atoms with van der Waals surface area (Å²) in [5.41, 5.74) is -0.519. The number of amides is 1. The Labute approximate surface area is 95.6 Å². The first kappa shape index (κ1) is 12.4. The molecule has 1 N–H and O–H groups in total. The first-order valence-electron chi connectivity index (χ1n) is 5.28. The highest BCUT2D eigenvalue weighted by molar-refractivity contribution is 5.83. The van der Waals surface area contributed by atoms with Gasteiger partial charge in [0.2, 0.25) is 5.91 Å². The van der Waals surface area contributed by atoms with Crippen LogP contribution < -0.4 is 5.32 Å². The van der Waals surface area contributed by atoms with E-state index in [-0.39, 0.29) is 5.91 Å². The number of nitrogens with one attached hydrogen (secondary N) is 1. The molecule has 5 nitrogen and oxygen atoms in total. The first-order chi connectivity index (χ1) is 7.51. The molecular formula is C11H18N4O. The van der Waals surface area contributed by atoms with Crippen LogP contribution in [0.25, 0.3) is 0 Å². The van der Waals surface area contributed by atoms with Gasteiger partial charge in [0.25, 0.3) is 0 Å². The largest absolute Gasteiger partial charge is 0.348 e. The predicted octanol–water partition coefficient (Wildman–Crippen LogP) is 1.03. The molecule has 0 fully saturated rings. The second kappa shape index (κ2) is 4.92. The third kappa shape index (κ3) is 2.68. The lowest BCUT2D eigenvalue weighted by molar-refractivity contribution is -0.128. The number of hydrogen-bond acceptors (Lipinski definition) is 3. The summed E-state index contributed by atoms with van der Waals surface area (Å²) in [7, 11) is 1.79. The summed E-state index contributed by atoms with van der Waals surface area (Å²) in [6.45, 7) is 7.86. The number of aromatic nitrogens is 3. The average molecular weight is 222 g/mol. The molecule has 1 amide bonds. The summed E-state index contributed by atoms with van der Waals surface area (Å²) in [4.78, 5) is 15.9. The van der Waals surface area contributed by atoms with E-state index in [0.29, 0.717) is 12.4 Å². The van der Waals surface area contributed by atoms with Crippen molar-refractivity contribution >= 4 is 5.91 Å². The van der Waals surface area contributed by atoms with E-state index in [4.69, 9.17) is 0 Å². The van der Waals surface area contributed by atoms with Gasteiger partial charge in [-0.2, -0.15) is 5.10 Å². The zero-order valence-electron chi connectivity index (χ0n) is 10.0. The number of aryl methyl sites for hydroxylation is 1. The van der Waals surface area contributed by atoms with Crippen molar-refractivity contribution in [1.29, 1.82) is 0 Å². The van der Waals surface area contributed by atoms with Crippen LogP contribution in [-0.2, 0) is 18.4 Å². The molecule has 0 aliphatic rings. The van der Waals surface area contributed by atoms with E-state index in [1.807, 2.05) is 13.8 Å². The van der Waals surface area contributed by atoms with Gasteiger partial charge < -0.3 is 5.32 Å². The van der Waals surface area contributed by atoms with Gasteiger partial charge in [-0.1, -0.05) is 13.0 Å². The van der Waals surface area contributed by atoms with Crippen molar-refractivity contribution in [1.82, 2.24) is 20.1 Å². The summed E-state index contributed by atoms with van der Waals surface area (Å²) in [5, 5.41) is 6.89. The van der Waals surface area contributed by atoms with Crippen LogP contribution >= 0.6 is 0 Å². The molecule has 5 heteroatoms. The van der Waals surface area contributed by atoms with Gasteiger partial charge in [0.15, 0.2) is 5.82 Å². The lowest BCUT2D eigenvalue weighted by atomic mass is 9.87. The van der Waals surface area contributed by atoms with Gasteiger partial charge >= 0.3 is 0 Å². The Kier molecular flexibility index (Phi) is 3.82. The Morgan fingerprint density at radius 2 is 2.44 bits per heavy atom. The van der Waals surface area contributed by atoms with Crippen LogP contribution in [0.15, 0.2) is 19.0 Å². The average Bonchev–Trinajstić information content (AvgIpc) is 2.70. The van der Waals surface area contributed by atoms with Crippen molar-refractivity contribution in [2.45, 2.75) is 26.8 Å². The van der Waals surface area contributed by atoms with Crippen LogP contribution in [0.2, 0.25) is 0 Å². The molecule has 0 aromatic carbocycles. The van der Waals surface area contributed by atoms with Crippen LogP contribution in [0.1, 0.15) is 26.1 Å². The summed E-state index contributed by atoms with van der Waals surface area (Å²) < 4.78 is 1.61. The number of carbonyl (C=O) groups excluding carboxylic acids is 1. The number of nitrogens with zero attached hydrogens (tertiary/aromatic N) is 3. The van der Waals surface area contributed by atoms with Crippen molar-refractivity contribution in [3.05, 3.63) is 24.8 Å². The van der Waals surface area contributed by atoms with Gasteiger partial charge in [-0.3, -0.25) is 9.48 Å². The molecule has 16 heavy (non-hydrogen) atoms. The molecule has 0 saturated heterocycles. The zero-order chi connectivity index (χ0) is 12.2. The van der Waals surface area contributed by atoms with Crippen molar-refractivity contribution in [3.63, 3.8) is 0 Å². The smallest absolute Gasteiger partial charge is 0.230 e. The zero-order valence-corrected chi connectivity index (χ0v) is 10.0. The SMILES string of the molecule is C=CC(C)(CC)C(=O)NCc1ncn(C)n1. The van der Waals surface area contributed by atoms with Crippen LogP contribution in [0.4, 0.5) is 0 Å². The van der Waals surface area contributed by atoms with Gasteiger partial charge in [0.05, 0.1) is 12.0 Å². The van der Waals surface area contributed by atoms with E-state index in [2.05, 4.69) is 22.0 Å². The quantitative estimate of drug-likeness (QED) is 0.757. The molecule has 1 rings (SSSR count). The maximum absolute atomic E-state index is 11.9. The Morgan fingerprint density at radius 3 is 2.88 bits per heavy atom. The lowest BCUT2D eigenvalue weighted by Gasteiger charge is -2.22. The minimum Gasteiger partial charge on any atom is -0.348 e. The monoisotopic (exact) mass is 222 g/mol. The molecule has 1 unspecified atom stereocenters. The fraction of sp³-hybridized carbons (Fsp3) is 0.545. The van der Waals surface area contributed by atoms with Gasteiger partial charge in [0.1, 0.15) is 6.33 Å². The van der Waals surface area contributed by atoms with Gasteiger partial charge in [-0.25, -0.2) is 4.98 Å². The van der Waals surface area contributed by atoms with Gasteiger partial charge in [-0.15, -0.1) is 6.58 Å². The van der Waals surface area contributed by atoms with Crippen molar-refractivity contribution in [3.8, 4) is 0 Å². The molecule has 0 bridgehead atoms. The third-order valence-corrected chi connectivity index (χ3v) is 2.76. The molecule has 1 atom stereocenters. The molecule has 0 aliphatic heterocycles. The maximum atomic E-state index is 11.9. The summed E-state index contributed by atoms with van der Waals surface area (Å²) >= 11 is 0. The van der Waals surface area contributed by atoms with Crippen LogP contribution in [-0.4, -0.2) is 20.7 Å². The number of rotatable bonds is 5. The molecule has 1 aromatic heterocycles.